The molecule has 0 bridgehead atoms. The third kappa shape index (κ3) is 4.13. The van der Waals surface area contributed by atoms with Gasteiger partial charge in [0.15, 0.2) is 5.17 Å². The first-order chi connectivity index (χ1) is 6.86. The van der Waals surface area contributed by atoms with Gasteiger partial charge in [0.2, 0.25) is 0 Å². The quantitative estimate of drug-likeness (QED) is 0.443. The van der Waals surface area contributed by atoms with Crippen LogP contribution in [0, 0.1) is 0 Å². The number of carbonyl (C=O) groups excluding carboxylic acids is 1. The van der Waals surface area contributed by atoms with E-state index in [0.29, 0.717) is 11.8 Å². The second-order valence-electron chi connectivity index (χ2n) is 3.49. The normalized spacial score (nSPS) is 19.4. The molecule has 0 aromatic carbocycles. The molecule has 0 amide bonds. The van der Waals surface area contributed by atoms with Crippen molar-refractivity contribution in [2.24, 2.45) is 4.99 Å². The van der Waals surface area contributed by atoms with Gasteiger partial charge in [-0.05, 0) is 12.8 Å². The van der Waals surface area contributed by atoms with E-state index in [0.717, 1.165) is 11.5 Å². The number of aliphatic imine (C=N–C) groups is 1. The van der Waals surface area contributed by atoms with Crippen molar-refractivity contribution >= 4 is 23.2 Å². The second kappa shape index (κ2) is 6.87. The van der Waals surface area contributed by atoms with Crippen LogP contribution in [0.25, 0.3) is 0 Å². The van der Waals surface area contributed by atoms with Crippen molar-refractivity contribution in [3.05, 3.63) is 0 Å². The maximum atomic E-state index is 10.2. The van der Waals surface area contributed by atoms with E-state index >= 15 is 0 Å². The Morgan fingerprint density at radius 2 is 2.21 bits per heavy atom. The van der Waals surface area contributed by atoms with Gasteiger partial charge in [0.25, 0.3) is 0 Å². The molecule has 0 unspecified atom stereocenters. The Balaban J connectivity index is 2.27. The number of rotatable bonds is 3. The molecule has 1 saturated carbocycles. The molecule has 4 heteroatoms. The zero-order chi connectivity index (χ0) is 10.2. The zero-order valence-electron chi connectivity index (χ0n) is 8.66. The first-order valence-electron chi connectivity index (χ1n) is 5.16. The first kappa shape index (κ1) is 11.6. The number of nitrogens with zero attached hydrogens (tertiary/aromatic N) is 1. The van der Waals surface area contributed by atoms with Crippen molar-refractivity contribution in [2.75, 3.05) is 12.8 Å². The highest BCUT2D eigenvalue weighted by Crippen LogP contribution is 2.18. The molecule has 0 aromatic rings. The molecule has 1 rings (SSSR count). The molecule has 0 heterocycles. The molecule has 3 nitrogen and oxygen atoms in total. The predicted molar refractivity (Wildman–Crippen MR) is 61.9 cm³/mol. The third-order valence-electron chi connectivity index (χ3n) is 2.42. The van der Waals surface area contributed by atoms with Gasteiger partial charge < -0.3 is 10.1 Å². The SMILES string of the molecule is CN=C(NC1CCCCC1)SCC=O. The summed E-state index contributed by atoms with van der Waals surface area (Å²) < 4.78 is 0. The smallest absolute Gasteiger partial charge is 0.156 e. The first-order valence-corrected chi connectivity index (χ1v) is 6.15. The van der Waals surface area contributed by atoms with Crippen molar-refractivity contribution < 1.29 is 4.79 Å². The minimum atomic E-state index is 0.492. The summed E-state index contributed by atoms with van der Waals surface area (Å²) in [6.07, 6.45) is 7.37. The summed E-state index contributed by atoms with van der Waals surface area (Å²) in [6.45, 7) is 0. The van der Waals surface area contributed by atoms with E-state index in [2.05, 4.69) is 10.3 Å². The molecular weight excluding hydrogens is 196 g/mol. The fraction of sp³-hybridized carbons (Fsp3) is 0.800. The second-order valence-corrected chi connectivity index (χ2v) is 4.49. The predicted octanol–water partition coefficient (Wildman–Crippen LogP) is 1.83. The Hall–Kier alpha value is -0.510. The molecule has 0 saturated heterocycles. The van der Waals surface area contributed by atoms with Crippen LogP contribution in [0.4, 0.5) is 0 Å². The van der Waals surface area contributed by atoms with E-state index in [9.17, 15) is 4.79 Å². The van der Waals surface area contributed by atoms with Crippen LogP contribution in [-0.2, 0) is 4.79 Å². The number of hydrogen-bond acceptors (Lipinski definition) is 3. The van der Waals surface area contributed by atoms with E-state index in [1.165, 1.54) is 43.9 Å². The lowest BCUT2D eigenvalue weighted by atomic mass is 9.96. The average Bonchev–Trinajstić information content (AvgIpc) is 2.25. The summed E-state index contributed by atoms with van der Waals surface area (Å²) in [6, 6.07) is 0.571. The Bertz CT molecular complexity index is 200. The molecule has 80 valence electrons. The van der Waals surface area contributed by atoms with E-state index in [4.69, 9.17) is 0 Å². The fourth-order valence-electron chi connectivity index (χ4n) is 1.71. The standard InChI is InChI=1S/C10H18N2OS/c1-11-10(14-8-7-13)12-9-5-3-2-4-6-9/h7,9H,2-6,8H2,1H3,(H,11,12). The van der Waals surface area contributed by atoms with Gasteiger partial charge in [-0.1, -0.05) is 31.0 Å². The van der Waals surface area contributed by atoms with Crippen molar-refractivity contribution in [1.29, 1.82) is 0 Å². The fourth-order valence-corrected chi connectivity index (χ4v) is 2.31. The van der Waals surface area contributed by atoms with E-state index in [1.807, 2.05) is 0 Å². The number of nitrogens with one attached hydrogen (secondary N) is 1. The summed E-state index contributed by atoms with van der Waals surface area (Å²) >= 11 is 1.49. The zero-order valence-corrected chi connectivity index (χ0v) is 9.48. The van der Waals surface area contributed by atoms with Crippen LogP contribution >= 0.6 is 11.8 Å². The van der Waals surface area contributed by atoms with Crippen LogP contribution in [0.1, 0.15) is 32.1 Å². The van der Waals surface area contributed by atoms with Gasteiger partial charge in [0, 0.05) is 13.1 Å². The molecule has 0 aromatic heterocycles. The van der Waals surface area contributed by atoms with E-state index < -0.39 is 0 Å². The largest absolute Gasteiger partial charge is 0.362 e. The molecule has 1 fully saturated rings. The summed E-state index contributed by atoms with van der Waals surface area (Å²) in [5.74, 6) is 0.492. The molecule has 0 atom stereocenters. The summed E-state index contributed by atoms with van der Waals surface area (Å²) in [5.41, 5.74) is 0. The molecule has 0 spiro atoms. The molecule has 1 aliphatic rings. The van der Waals surface area contributed by atoms with E-state index in [-0.39, 0.29) is 0 Å². The van der Waals surface area contributed by atoms with E-state index in [1.54, 1.807) is 7.05 Å². The van der Waals surface area contributed by atoms with Crippen molar-refractivity contribution in [1.82, 2.24) is 5.32 Å². The minimum absolute atomic E-state index is 0.492. The molecule has 1 aliphatic carbocycles. The Morgan fingerprint density at radius 3 is 2.79 bits per heavy atom. The topological polar surface area (TPSA) is 41.5 Å². The van der Waals surface area contributed by atoms with Gasteiger partial charge in [-0.15, -0.1) is 0 Å². The van der Waals surface area contributed by atoms with Crippen LogP contribution in [0.5, 0.6) is 0 Å². The van der Waals surface area contributed by atoms with Crippen LogP contribution in [0.15, 0.2) is 4.99 Å². The van der Waals surface area contributed by atoms with Gasteiger partial charge in [-0.3, -0.25) is 4.99 Å². The van der Waals surface area contributed by atoms with Crippen molar-refractivity contribution in [3.8, 4) is 0 Å². The highest BCUT2D eigenvalue weighted by atomic mass is 32.2. The van der Waals surface area contributed by atoms with Crippen LogP contribution in [0.3, 0.4) is 0 Å². The third-order valence-corrected chi connectivity index (χ3v) is 3.30. The highest BCUT2D eigenvalue weighted by molar-refractivity contribution is 8.14. The Labute approximate surface area is 89.7 Å². The van der Waals surface area contributed by atoms with Crippen molar-refractivity contribution in [2.45, 2.75) is 38.1 Å². The maximum absolute atomic E-state index is 10.2. The van der Waals surface area contributed by atoms with Crippen LogP contribution in [0.2, 0.25) is 0 Å². The Morgan fingerprint density at radius 1 is 1.50 bits per heavy atom. The lowest BCUT2D eigenvalue weighted by molar-refractivity contribution is -0.105. The summed E-state index contributed by atoms with van der Waals surface area (Å²) in [5, 5.41) is 4.30. The molecule has 1 N–H and O–H groups in total. The lowest BCUT2D eigenvalue weighted by Gasteiger charge is -2.23. The lowest BCUT2D eigenvalue weighted by Crippen LogP contribution is -2.34. The van der Waals surface area contributed by atoms with Crippen LogP contribution in [-0.4, -0.2) is 30.3 Å². The molecule has 14 heavy (non-hydrogen) atoms. The summed E-state index contributed by atoms with van der Waals surface area (Å²) in [7, 11) is 1.77. The van der Waals surface area contributed by atoms with Gasteiger partial charge in [0.05, 0.1) is 5.75 Å². The highest BCUT2D eigenvalue weighted by Gasteiger charge is 2.14. The maximum Gasteiger partial charge on any atom is 0.156 e. The monoisotopic (exact) mass is 214 g/mol. The van der Waals surface area contributed by atoms with Gasteiger partial charge in [-0.25, -0.2) is 0 Å². The number of hydrogen-bond donors (Lipinski definition) is 1. The molecule has 0 radical (unpaired) electrons. The number of thioether (sulfide) groups is 1. The van der Waals surface area contributed by atoms with Gasteiger partial charge in [0.1, 0.15) is 6.29 Å². The number of carbonyl (C=O) groups is 1. The van der Waals surface area contributed by atoms with Crippen molar-refractivity contribution in [3.63, 3.8) is 0 Å². The summed E-state index contributed by atoms with van der Waals surface area (Å²) in [4.78, 5) is 14.3. The van der Waals surface area contributed by atoms with Gasteiger partial charge in [-0.2, -0.15) is 0 Å². The Kier molecular flexibility index (Phi) is 5.68. The molecule has 0 aliphatic heterocycles. The molecular formula is C10H18N2OS. The number of amidine groups is 1. The van der Waals surface area contributed by atoms with Crippen LogP contribution < -0.4 is 5.32 Å². The minimum Gasteiger partial charge on any atom is -0.362 e. The number of aldehydes is 1. The average molecular weight is 214 g/mol. The van der Waals surface area contributed by atoms with Gasteiger partial charge >= 0.3 is 0 Å².